The Morgan fingerprint density at radius 3 is 2.82 bits per heavy atom. The van der Waals surface area contributed by atoms with Crippen molar-refractivity contribution in [1.82, 2.24) is 9.88 Å². The van der Waals surface area contributed by atoms with E-state index in [1.54, 1.807) is 16.6 Å². The molecule has 1 aliphatic rings. The molecule has 2 rings (SSSR count). The van der Waals surface area contributed by atoms with Crippen LogP contribution < -0.4 is 5.73 Å². The molecule has 5 nitrogen and oxygen atoms in total. The number of thiazole rings is 1. The molecular formula is C11H17N3O2S. The first-order chi connectivity index (χ1) is 7.88. The van der Waals surface area contributed by atoms with Crippen molar-refractivity contribution in [3.63, 3.8) is 0 Å². The first kappa shape index (κ1) is 12.3. The molecule has 0 bridgehead atoms. The number of ether oxygens (including phenoxy) is 1. The average Bonchev–Trinajstić information content (AvgIpc) is 2.63. The zero-order chi connectivity index (χ0) is 12.6. The number of amides is 1. The molecule has 2 unspecified atom stereocenters. The number of aromatic nitrogens is 1. The Morgan fingerprint density at radius 1 is 1.65 bits per heavy atom. The van der Waals surface area contributed by atoms with Crippen LogP contribution in [-0.4, -0.2) is 34.2 Å². The number of carbonyl (C=O) groups is 1. The Bertz CT molecular complexity index is 399. The molecular weight excluding hydrogens is 238 g/mol. The van der Waals surface area contributed by atoms with Gasteiger partial charge in [-0.05, 0) is 20.8 Å². The molecule has 2 N–H and O–H groups in total. The zero-order valence-corrected chi connectivity index (χ0v) is 11.0. The Labute approximate surface area is 105 Å². The zero-order valence-electron chi connectivity index (χ0n) is 10.2. The maximum atomic E-state index is 11.9. The molecule has 0 aliphatic carbocycles. The van der Waals surface area contributed by atoms with E-state index in [0.29, 0.717) is 6.54 Å². The lowest BCUT2D eigenvalue weighted by Crippen LogP contribution is -2.60. The van der Waals surface area contributed by atoms with Gasteiger partial charge in [-0.1, -0.05) is 0 Å². The van der Waals surface area contributed by atoms with Gasteiger partial charge in [0, 0.05) is 23.7 Å². The van der Waals surface area contributed by atoms with Crippen molar-refractivity contribution in [2.75, 3.05) is 6.54 Å². The van der Waals surface area contributed by atoms with Gasteiger partial charge < -0.3 is 10.5 Å². The maximum Gasteiger partial charge on any atom is 0.410 e. The largest absolute Gasteiger partial charge is 0.444 e. The van der Waals surface area contributed by atoms with Crippen LogP contribution in [0.25, 0.3) is 0 Å². The first-order valence-electron chi connectivity index (χ1n) is 5.52. The monoisotopic (exact) mass is 255 g/mol. The van der Waals surface area contributed by atoms with Gasteiger partial charge in [0.15, 0.2) is 0 Å². The molecule has 0 saturated carbocycles. The molecule has 0 spiro atoms. The van der Waals surface area contributed by atoms with E-state index in [1.165, 1.54) is 11.3 Å². The summed E-state index contributed by atoms with van der Waals surface area (Å²) in [5.74, 6) is 0. The minimum Gasteiger partial charge on any atom is -0.444 e. The van der Waals surface area contributed by atoms with Gasteiger partial charge in [-0.25, -0.2) is 4.79 Å². The highest BCUT2D eigenvalue weighted by molar-refractivity contribution is 7.09. The van der Waals surface area contributed by atoms with Gasteiger partial charge in [0.05, 0.1) is 11.6 Å². The fourth-order valence-electron chi connectivity index (χ4n) is 1.78. The summed E-state index contributed by atoms with van der Waals surface area (Å²) in [6.07, 6.45) is 1.45. The predicted octanol–water partition coefficient (Wildman–Crippen LogP) is 1.76. The molecule has 1 aromatic rings. The van der Waals surface area contributed by atoms with Crippen LogP contribution in [0, 0.1) is 0 Å². The second-order valence-electron chi connectivity index (χ2n) is 5.15. The summed E-state index contributed by atoms with van der Waals surface area (Å²) in [4.78, 5) is 18.6. The van der Waals surface area contributed by atoms with Gasteiger partial charge in [-0.15, -0.1) is 11.3 Å². The van der Waals surface area contributed by atoms with E-state index < -0.39 is 5.60 Å². The van der Waals surface area contributed by atoms with Crippen LogP contribution in [0.15, 0.2) is 11.7 Å². The SMILES string of the molecule is CC(C)(C)OC(=O)N1CC(N)C1c1cncs1. The summed E-state index contributed by atoms with van der Waals surface area (Å²) in [5.41, 5.74) is 7.20. The van der Waals surface area contributed by atoms with E-state index in [9.17, 15) is 4.79 Å². The minimum atomic E-state index is -0.477. The summed E-state index contributed by atoms with van der Waals surface area (Å²) in [7, 11) is 0. The van der Waals surface area contributed by atoms with E-state index in [4.69, 9.17) is 10.5 Å². The molecule has 94 valence electrons. The van der Waals surface area contributed by atoms with Gasteiger partial charge in [0.2, 0.25) is 0 Å². The highest BCUT2D eigenvalue weighted by Crippen LogP contribution is 2.35. The molecule has 2 heterocycles. The number of carbonyl (C=O) groups excluding carboxylic acids is 1. The van der Waals surface area contributed by atoms with Crippen molar-refractivity contribution in [3.8, 4) is 0 Å². The normalized spacial score (nSPS) is 24.4. The van der Waals surface area contributed by atoms with Gasteiger partial charge in [0.25, 0.3) is 0 Å². The van der Waals surface area contributed by atoms with Crippen LogP contribution >= 0.6 is 11.3 Å². The number of nitrogens with zero attached hydrogens (tertiary/aromatic N) is 2. The number of rotatable bonds is 1. The smallest absolute Gasteiger partial charge is 0.410 e. The van der Waals surface area contributed by atoms with Crippen molar-refractivity contribution < 1.29 is 9.53 Å². The summed E-state index contributed by atoms with van der Waals surface area (Å²) >= 11 is 1.51. The van der Waals surface area contributed by atoms with Crippen LogP contribution in [-0.2, 0) is 4.74 Å². The minimum absolute atomic E-state index is 0.0250. The third-order valence-corrected chi connectivity index (χ3v) is 3.37. The molecule has 0 radical (unpaired) electrons. The molecule has 6 heteroatoms. The molecule has 1 saturated heterocycles. The molecule has 1 aliphatic heterocycles. The Balaban J connectivity index is 2.06. The second kappa shape index (κ2) is 4.27. The Hall–Kier alpha value is -1.14. The van der Waals surface area contributed by atoms with Crippen molar-refractivity contribution in [2.45, 2.75) is 38.5 Å². The quantitative estimate of drug-likeness (QED) is 0.830. The number of hydrogen-bond donors (Lipinski definition) is 1. The molecule has 17 heavy (non-hydrogen) atoms. The van der Waals surface area contributed by atoms with Crippen molar-refractivity contribution in [1.29, 1.82) is 0 Å². The highest BCUT2D eigenvalue weighted by atomic mass is 32.1. The highest BCUT2D eigenvalue weighted by Gasteiger charge is 2.43. The molecule has 2 atom stereocenters. The Morgan fingerprint density at radius 2 is 2.35 bits per heavy atom. The van der Waals surface area contributed by atoms with E-state index in [0.717, 1.165) is 4.88 Å². The Kier molecular flexibility index (Phi) is 3.09. The lowest BCUT2D eigenvalue weighted by molar-refractivity contribution is -0.0126. The van der Waals surface area contributed by atoms with Crippen LogP contribution in [0.2, 0.25) is 0 Å². The van der Waals surface area contributed by atoms with Gasteiger partial charge in [-0.2, -0.15) is 0 Å². The van der Waals surface area contributed by atoms with Crippen LogP contribution in [0.4, 0.5) is 4.79 Å². The van der Waals surface area contributed by atoms with Gasteiger partial charge >= 0.3 is 6.09 Å². The third-order valence-electron chi connectivity index (χ3n) is 2.52. The van der Waals surface area contributed by atoms with E-state index in [1.807, 2.05) is 20.8 Å². The summed E-state index contributed by atoms with van der Waals surface area (Å²) in [6, 6.07) is -0.111. The van der Waals surface area contributed by atoms with Crippen LogP contribution in [0.3, 0.4) is 0 Å². The maximum absolute atomic E-state index is 11.9. The van der Waals surface area contributed by atoms with E-state index in [-0.39, 0.29) is 18.2 Å². The lowest BCUT2D eigenvalue weighted by atomic mass is 9.97. The van der Waals surface area contributed by atoms with Crippen molar-refractivity contribution in [2.24, 2.45) is 5.73 Å². The number of hydrogen-bond acceptors (Lipinski definition) is 5. The molecule has 0 aromatic carbocycles. The van der Waals surface area contributed by atoms with Crippen molar-refractivity contribution in [3.05, 3.63) is 16.6 Å². The average molecular weight is 255 g/mol. The third kappa shape index (κ3) is 2.58. The van der Waals surface area contributed by atoms with E-state index in [2.05, 4.69) is 4.98 Å². The van der Waals surface area contributed by atoms with Gasteiger partial charge in [0.1, 0.15) is 5.60 Å². The molecule has 1 fully saturated rings. The molecule has 1 amide bonds. The summed E-state index contributed by atoms with van der Waals surface area (Å²) < 4.78 is 5.33. The van der Waals surface area contributed by atoms with Gasteiger partial charge in [-0.3, -0.25) is 9.88 Å². The van der Waals surface area contributed by atoms with Crippen LogP contribution in [0.5, 0.6) is 0 Å². The van der Waals surface area contributed by atoms with Crippen LogP contribution in [0.1, 0.15) is 31.7 Å². The number of nitrogens with two attached hydrogens (primary N) is 1. The number of likely N-dealkylation sites (tertiary alicyclic amines) is 1. The summed E-state index contributed by atoms with van der Waals surface area (Å²) in [6.45, 7) is 6.10. The fourth-order valence-corrected chi connectivity index (χ4v) is 2.59. The van der Waals surface area contributed by atoms with Crippen molar-refractivity contribution >= 4 is 17.4 Å². The first-order valence-corrected chi connectivity index (χ1v) is 6.40. The predicted molar refractivity (Wildman–Crippen MR) is 65.8 cm³/mol. The van der Waals surface area contributed by atoms with E-state index >= 15 is 0 Å². The second-order valence-corrected chi connectivity index (χ2v) is 6.06. The lowest BCUT2D eigenvalue weighted by Gasteiger charge is -2.45. The standard InChI is InChI=1S/C11H17N3O2S/c1-11(2,3)16-10(15)14-5-7(12)9(14)8-4-13-6-17-8/h4,6-7,9H,5,12H2,1-3H3. The molecule has 1 aromatic heterocycles. The fraction of sp³-hybridized carbons (Fsp3) is 0.636. The topological polar surface area (TPSA) is 68.5 Å². The summed E-state index contributed by atoms with van der Waals surface area (Å²) in [5, 5.41) is 0.